The monoisotopic (exact) mass is 475 g/mol. The summed E-state index contributed by atoms with van der Waals surface area (Å²) >= 11 is 0. The van der Waals surface area contributed by atoms with E-state index in [0.29, 0.717) is 6.61 Å². The molecule has 3 heterocycles. The Hall–Kier alpha value is -2.67. The lowest BCUT2D eigenvalue weighted by Crippen LogP contribution is -2.37. The van der Waals surface area contributed by atoms with Crippen molar-refractivity contribution in [2.75, 3.05) is 33.4 Å². The van der Waals surface area contributed by atoms with E-state index in [2.05, 4.69) is 53.8 Å². The van der Waals surface area contributed by atoms with Gasteiger partial charge in [-0.2, -0.15) is 0 Å². The third-order valence-electron chi connectivity index (χ3n) is 6.56. The molecule has 0 aliphatic heterocycles. The molecule has 3 rings (SSSR count). The average molecular weight is 476 g/mol. The first-order chi connectivity index (χ1) is 17.2. The van der Waals surface area contributed by atoms with Crippen molar-refractivity contribution < 1.29 is 4.74 Å². The minimum absolute atomic E-state index is 0.703. The van der Waals surface area contributed by atoms with Crippen molar-refractivity contribution in [1.82, 2.24) is 24.8 Å². The fraction of sp³-hybridized carbons (Fsp3) is 0.483. The van der Waals surface area contributed by atoms with E-state index in [1.807, 2.05) is 36.8 Å². The molecule has 0 aliphatic carbocycles. The molecule has 0 radical (unpaired) electrons. The minimum Gasteiger partial charge on any atom is -0.383 e. The summed E-state index contributed by atoms with van der Waals surface area (Å²) in [4.78, 5) is 19.1. The van der Waals surface area contributed by atoms with E-state index in [1.165, 1.54) is 16.7 Å². The largest absolute Gasteiger partial charge is 0.383 e. The van der Waals surface area contributed by atoms with Crippen molar-refractivity contribution in [2.45, 2.75) is 59.7 Å². The molecule has 0 bridgehead atoms. The number of aryl methyl sites for hydroxylation is 3. The molecule has 0 saturated carbocycles. The summed E-state index contributed by atoms with van der Waals surface area (Å²) < 4.78 is 5.43. The first kappa shape index (κ1) is 26.9. The summed E-state index contributed by atoms with van der Waals surface area (Å²) in [6.45, 7) is 12.5. The number of ether oxygens (including phenoxy) is 1. The zero-order valence-corrected chi connectivity index (χ0v) is 21.9. The second-order valence-electron chi connectivity index (χ2n) is 8.87. The van der Waals surface area contributed by atoms with Crippen LogP contribution < -0.4 is 0 Å². The van der Waals surface area contributed by atoms with Gasteiger partial charge in [0.05, 0.1) is 23.7 Å². The Labute approximate surface area is 211 Å². The molecule has 0 unspecified atom stereocenters. The van der Waals surface area contributed by atoms with Crippen molar-refractivity contribution in [2.24, 2.45) is 0 Å². The van der Waals surface area contributed by atoms with Crippen molar-refractivity contribution in [3.8, 4) is 0 Å². The Balaban J connectivity index is 1.79. The Morgan fingerprint density at radius 2 is 1.00 bits per heavy atom. The van der Waals surface area contributed by atoms with Crippen LogP contribution in [0.4, 0.5) is 0 Å². The molecule has 0 aromatic carbocycles. The molecule has 0 atom stereocenters. The maximum Gasteiger partial charge on any atom is 0.0589 e. The van der Waals surface area contributed by atoms with E-state index in [4.69, 9.17) is 14.7 Å². The summed E-state index contributed by atoms with van der Waals surface area (Å²) in [5.41, 5.74) is 7.41. The molecule has 0 aliphatic rings. The number of rotatable bonds is 15. The van der Waals surface area contributed by atoms with Crippen LogP contribution in [0.25, 0.3) is 0 Å². The Morgan fingerprint density at radius 3 is 1.40 bits per heavy atom. The number of methoxy groups -OCH3 is 1. The summed E-state index contributed by atoms with van der Waals surface area (Å²) in [5, 5.41) is 0. The molecule has 6 heteroatoms. The van der Waals surface area contributed by atoms with Gasteiger partial charge >= 0.3 is 0 Å². The van der Waals surface area contributed by atoms with Crippen LogP contribution in [0.3, 0.4) is 0 Å². The smallest absolute Gasteiger partial charge is 0.0589 e. The molecule has 0 fully saturated rings. The van der Waals surface area contributed by atoms with E-state index < -0.39 is 0 Å². The van der Waals surface area contributed by atoms with Crippen LogP contribution in [0.5, 0.6) is 0 Å². The van der Waals surface area contributed by atoms with Gasteiger partial charge in [0.2, 0.25) is 0 Å². The van der Waals surface area contributed by atoms with Gasteiger partial charge in [0.25, 0.3) is 0 Å². The predicted molar refractivity (Wildman–Crippen MR) is 142 cm³/mol. The maximum atomic E-state index is 5.43. The van der Waals surface area contributed by atoms with Crippen LogP contribution in [-0.4, -0.2) is 58.1 Å². The predicted octanol–water partition coefficient (Wildman–Crippen LogP) is 4.71. The van der Waals surface area contributed by atoms with Crippen LogP contribution >= 0.6 is 0 Å². The van der Waals surface area contributed by atoms with Crippen LogP contribution in [0.2, 0.25) is 0 Å². The maximum absolute atomic E-state index is 5.43. The topological polar surface area (TPSA) is 54.4 Å². The van der Waals surface area contributed by atoms with Crippen molar-refractivity contribution >= 4 is 0 Å². The van der Waals surface area contributed by atoms with Gasteiger partial charge in [-0.05, 0) is 54.2 Å². The van der Waals surface area contributed by atoms with Crippen molar-refractivity contribution in [3.05, 3.63) is 88.8 Å². The Bertz CT molecular complexity index is 976. The summed E-state index contributed by atoms with van der Waals surface area (Å²) in [7, 11) is 1.77. The number of pyridine rings is 3. The highest BCUT2D eigenvalue weighted by atomic mass is 16.5. The average Bonchev–Trinajstić information content (AvgIpc) is 2.90. The number of hydrogen-bond acceptors (Lipinski definition) is 6. The minimum atomic E-state index is 0.703. The van der Waals surface area contributed by atoms with E-state index in [9.17, 15) is 0 Å². The molecular formula is C29H41N5O. The lowest BCUT2D eigenvalue weighted by atomic mass is 10.1. The van der Waals surface area contributed by atoms with Crippen LogP contribution in [0, 0.1) is 0 Å². The molecule has 35 heavy (non-hydrogen) atoms. The molecule has 0 saturated heterocycles. The molecule has 0 amide bonds. The summed E-state index contributed by atoms with van der Waals surface area (Å²) in [6.07, 6.45) is 8.68. The van der Waals surface area contributed by atoms with Gasteiger partial charge in [-0.25, -0.2) is 0 Å². The van der Waals surface area contributed by atoms with E-state index in [-0.39, 0.29) is 0 Å². The van der Waals surface area contributed by atoms with Gasteiger partial charge in [0.1, 0.15) is 0 Å². The fourth-order valence-electron chi connectivity index (χ4n) is 4.43. The van der Waals surface area contributed by atoms with Gasteiger partial charge < -0.3 is 4.74 Å². The highest BCUT2D eigenvalue weighted by molar-refractivity contribution is 5.22. The SMILES string of the molecule is CCc1cccnc1CN(CCOC)CCN(Cc1ncccc1CC)Cc1ncccc1CC. The van der Waals surface area contributed by atoms with E-state index >= 15 is 0 Å². The zero-order chi connectivity index (χ0) is 24.9. The molecule has 0 spiro atoms. The van der Waals surface area contributed by atoms with Gasteiger partial charge in [0, 0.05) is 65.0 Å². The van der Waals surface area contributed by atoms with Crippen LogP contribution in [-0.2, 0) is 43.6 Å². The van der Waals surface area contributed by atoms with Crippen molar-refractivity contribution in [1.29, 1.82) is 0 Å². The lowest BCUT2D eigenvalue weighted by Gasteiger charge is -2.28. The molecule has 188 valence electrons. The number of aromatic nitrogens is 3. The van der Waals surface area contributed by atoms with Gasteiger partial charge in [-0.3, -0.25) is 24.8 Å². The normalized spacial score (nSPS) is 11.5. The molecule has 3 aromatic heterocycles. The third kappa shape index (κ3) is 8.20. The van der Waals surface area contributed by atoms with Gasteiger partial charge in [0.15, 0.2) is 0 Å². The number of hydrogen-bond donors (Lipinski definition) is 0. The van der Waals surface area contributed by atoms with Crippen molar-refractivity contribution in [3.63, 3.8) is 0 Å². The highest BCUT2D eigenvalue weighted by Gasteiger charge is 2.16. The number of nitrogens with zero attached hydrogens (tertiary/aromatic N) is 5. The summed E-state index contributed by atoms with van der Waals surface area (Å²) in [5.74, 6) is 0. The van der Waals surface area contributed by atoms with Gasteiger partial charge in [-0.15, -0.1) is 0 Å². The van der Waals surface area contributed by atoms with Crippen LogP contribution in [0.15, 0.2) is 55.0 Å². The second kappa shape index (κ2) is 14.7. The Morgan fingerprint density at radius 1 is 0.600 bits per heavy atom. The second-order valence-corrected chi connectivity index (χ2v) is 8.87. The van der Waals surface area contributed by atoms with E-state index in [1.54, 1.807) is 7.11 Å². The van der Waals surface area contributed by atoms with E-state index in [0.717, 1.165) is 75.6 Å². The standard InChI is InChI=1S/C29H41N5O/c1-5-24-11-8-14-30-27(24)21-33(19-20-35-4)17-18-34(22-28-25(6-2)12-9-15-31-28)23-29-26(7-3)13-10-16-32-29/h8-16H,5-7,17-23H2,1-4H3. The Kier molecular flexibility index (Phi) is 11.3. The first-order valence-electron chi connectivity index (χ1n) is 12.9. The molecule has 6 nitrogen and oxygen atoms in total. The lowest BCUT2D eigenvalue weighted by molar-refractivity contribution is 0.127. The van der Waals surface area contributed by atoms with Crippen LogP contribution in [0.1, 0.15) is 54.5 Å². The molecule has 0 N–H and O–H groups in total. The molecular weight excluding hydrogens is 434 g/mol. The third-order valence-corrected chi connectivity index (χ3v) is 6.56. The molecule has 3 aromatic rings. The summed E-state index contributed by atoms with van der Waals surface area (Å²) in [6, 6.07) is 12.7. The highest BCUT2D eigenvalue weighted by Crippen LogP contribution is 2.16. The van der Waals surface area contributed by atoms with Gasteiger partial charge in [-0.1, -0.05) is 39.0 Å². The quantitative estimate of drug-likeness (QED) is 0.317. The first-order valence-corrected chi connectivity index (χ1v) is 12.9. The zero-order valence-electron chi connectivity index (χ0n) is 21.9. The fourth-order valence-corrected chi connectivity index (χ4v) is 4.43.